The molecule has 0 bridgehead atoms. The van der Waals surface area contributed by atoms with Crippen LogP contribution in [0.3, 0.4) is 0 Å². The molecule has 0 spiro atoms. The van der Waals surface area contributed by atoms with Crippen LogP contribution in [0.4, 0.5) is 4.79 Å². The number of urea groups is 1. The van der Waals surface area contributed by atoms with Crippen molar-refractivity contribution in [2.24, 2.45) is 0 Å². The SMILES string of the molecule is CCC(C)N(C)C(=O)N(C)C(C)C(=O)O. The molecule has 0 aliphatic heterocycles. The lowest BCUT2D eigenvalue weighted by Crippen LogP contribution is -2.48. The van der Waals surface area contributed by atoms with E-state index in [-0.39, 0.29) is 12.1 Å². The Balaban J connectivity index is 4.50. The van der Waals surface area contributed by atoms with Crippen molar-refractivity contribution in [3.05, 3.63) is 0 Å². The van der Waals surface area contributed by atoms with Crippen LogP contribution in [0.25, 0.3) is 0 Å². The third-order valence-electron chi connectivity index (χ3n) is 2.79. The van der Waals surface area contributed by atoms with Gasteiger partial charge in [-0.1, -0.05) is 6.92 Å². The quantitative estimate of drug-likeness (QED) is 0.769. The maximum Gasteiger partial charge on any atom is 0.326 e. The van der Waals surface area contributed by atoms with Crippen molar-refractivity contribution in [1.82, 2.24) is 9.80 Å². The second-order valence-corrected chi connectivity index (χ2v) is 3.78. The number of carbonyl (C=O) groups is 2. The Morgan fingerprint density at radius 2 is 1.67 bits per heavy atom. The standard InChI is InChI=1S/C10H20N2O3/c1-6-7(2)11(4)10(15)12(5)8(3)9(13)14/h7-8H,6H2,1-5H3,(H,13,14). The fourth-order valence-corrected chi connectivity index (χ4v) is 1.04. The van der Waals surface area contributed by atoms with Crippen molar-refractivity contribution < 1.29 is 14.7 Å². The van der Waals surface area contributed by atoms with Gasteiger partial charge in [0.15, 0.2) is 0 Å². The van der Waals surface area contributed by atoms with Gasteiger partial charge in [-0.15, -0.1) is 0 Å². The van der Waals surface area contributed by atoms with Crippen molar-refractivity contribution in [3.8, 4) is 0 Å². The summed E-state index contributed by atoms with van der Waals surface area (Å²) >= 11 is 0. The summed E-state index contributed by atoms with van der Waals surface area (Å²) in [5.41, 5.74) is 0. The van der Waals surface area contributed by atoms with Crippen molar-refractivity contribution >= 4 is 12.0 Å². The Hall–Kier alpha value is -1.26. The van der Waals surface area contributed by atoms with Crippen LogP contribution in [0.15, 0.2) is 0 Å². The van der Waals surface area contributed by atoms with Crippen LogP contribution in [-0.2, 0) is 4.79 Å². The van der Waals surface area contributed by atoms with Gasteiger partial charge in [0.2, 0.25) is 0 Å². The second kappa shape index (κ2) is 5.58. The predicted octanol–water partition coefficient (Wildman–Crippen LogP) is 1.24. The molecule has 0 heterocycles. The van der Waals surface area contributed by atoms with E-state index in [1.165, 1.54) is 18.9 Å². The fraction of sp³-hybridized carbons (Fsp3) is 0.800. The number of nitrogens with zero attached hydrogens (tertiary/aromatic N) is 2. The van der Waals surface area contributed by atoms with Gasteiger partial charge in [-0.3, -0.25) is 0 Å². The normalized spacial score (nSPS) is 14.2. The molecule has 0 fully saturated rings. The molecule has 0 aromatic heterocycles. The van der Waals surface area contributed by atoms with Crippen molar-refractivity contribution in [2.75, 3.05) is 14.1 Å². The second-order valence-electron chi connectivity index (χ2n) is 3.78. The number of amides is 2. The highest BCUT2D eigenvalue weighted by molar-refractivity contribution is 5.82. The molecule has 0 rings (SSSR count). The minimum Gasteiger partial charge on any atom is -0.480 e. The number of carboxylic acids is 1. The molecule has 2 atom stereocenters. The Morgan fingerprint density at radius 3 is 2.00 bits per heavy atom. The number of likely N-dealkylation sites (N-methyl/N-ethyl adjacent to an activating group) is 1. The smallest absolute Gasteiger partial charge is 0.326 e. The number of carbonyl (C=O) groups excluding carboxylic acids is 1. The summed E-state index contributed by atoms with van der Waals surface area (Å²) in [6.07, 6.45) is 0.845. The summed E-state index contributed by atoms with van der Waals surface area (Å²) < 4.78 is 0. The maximum absolute atomic E-state index is 11.8. The molecule has 1 N–H and O–H groups in total. The van der Waals surface area contributed by atoms with Crippen LogP contribution in [0.1, 0.15) is 27.2 Å². The van der Waals surface area contributed by atoms with Gasteiger partial charge >= 0.3 is 12.0 Å². The van der Waals surface area contributed by atoms with Gasteiger partial charge in [0.1, 0.15) is 6.04 Å². The first-order chi connectivity index (χ1) is 6.82. The van der Waals surface area contributed by atoms with E-state index in [0.29, 0.717) is 0 Å². The van der Waals surface area contributed by atoms with Crippen LogP contribution in [0.5, 0.6) is 0 Å². The van der Waals surface area contributed by atoms with Crippen LogP contribution in [0, 0.1) is 0 Å². The monoisotopic (exact) mass is 216 g/mol. The zero-order valence-corrected chi connectivity index (χ0v) is 10.0. The molecule has 2 amide bonds. The summed E-state index contributed by atoms with van der Waals surface area (Å²) in [7, 11) is 3.18. The highest BCUT2D eigenvalue weighted by atomic mass is 16.4. The van der Waals surface area contributed by atoms with Crippen molar-refractivity contribution in [2.45, 2.75) is 39.3 Å². The largest absolute Gasteiger partial charge is 0.480 e. The minimum absolute atomic E-state index is 0.112. The van der Waals surface area contributed by atoms with E-state index >= 15 is 0 Å². The fourth-order valence-electron chi connectivity index (χ4n) is 1.04. The zero-order valence-electron chi connectivity index (χ0n) is 10.0. The Bertz CT molecular complexity index is 243. The molecular formula is C10H20N2O3. The van der Waals surface area contributed by atoms with Gasteiger partial charge in [0.05, 0.1) is 0 Å². The lowest BCUT2D eigenvalue weighted by atomic mass is 10.2. The Labute approximate surface area is 90.7 Å². The summed E-state index contributed by atoms with van der Waals surface area (Å²) in [5.74, 6) is -0.997. The molecule has 0 aliphatic rings. The van der Waals surface area contributed by atoms with Gasteiger partial charge in [0, 0.05) is 20.1 Å². The molecule has 0 saturated heterocycles. The molecule has 2 unspecified atom stereocenters. The first kappa shape index (κ1) is 13.7. The zero-order chi connectivity index (χ0) is 12.2. The molecule has 0 radical (unpaired) electrons. The summed E-state index contributed by atoms with van der Waals surface area (Å²) in [6.45, 7) is 5.40. The van der Waals surface area contributed by atoms with Gasteiger partial charge in [-0.25, -0.2) is 9.59 Å². The summed E-state index contributed by atoms with van der Waals surface area (Å²) in [4.78, 5) is 25.3. The highest BCUT2D eigenvalue weighted by Crippen LogP contribution is 2.06. The van der Waals surface area contributed by atoms with E-state index in [4.69, 9.17) is 5.11 Å². The van der Waals surface area contributed by atoms with Crippen LogP contribution in [0.2, 0.25) is 0 Å². The molecule has 0 aromatic rings. The van der Waals surface area contributed by atoms with Crippen LogP contribution < -0.4 is 0 Å². The first-order valence-corrected chi connectivity index (χ1v) is 5.05. The Kier molecular flexibility index (Phi) is 5.11. The van der Waals surface area contributed by atoms with E-state index in [1.54, 1.807) is 11.9 Å². The molecule has 88 valence electrons. The molecule has 15 heavy (non-hydrogen) atoms. The number of aliphatic carboxylic acids is 1. The van der Waals surface area contributed by atoms with Gasteiger partial charge < -0.3 is 14.9 Å². The Morgan fingerprint density at radius 1 is 1.20 bits per heavy atom. The molecular weight excluding hydrogens is 196 g/mol. The van der Waals surface area contributed by atoms with E-state index in [2.05, 4.69) is 0 Å². The van der Waals surface area contributed by atoms with E-state index in [9.17, 15) is 9.59 Å². The minimum atomic E-state index is -0.997. The molecule has 0 saturated carbocycles. The van der Waals surface area contributed by atoms with Crippen LogP contribution >= 0.6 is 0 Å². The summed E-state index contributed by atoms with van der Waals surface area (Å²) in [6, 6.07) is -0.954. The average molecular weight is 216 g/mol. The van der Waals surface area contributed by atoms with Crippen molar-refractivity contribution in [1.29, 1.82) is 0 Å². The molecule has 5 nitrogen and oxygen atoms in total. The predicted molar refractivity (Wildman–Crippen MR) is 57.8 cm³/mol. The molecule has 0 aromatic carbocycles. The van der Waals surface area contributed by atoms with E-state index in [1.807, 2.05) is 13.8 Å². The van der Waals surface area contributed by atoms with E-state index < -0.39 is 12.0 Å². The molecule has 5 heteroatoms. The number of hydrogen-bond acceptors (Lipinski definition) is 2. The van der Waals surface area contributed by atoms with Gasteiger partial charge in [-0.05, 0) is 20.3 Å². The third kappa shape index (κ3) is 3.42. The van der Waals surface area contributed by atoms with Gasteiger partial charge in [0.25, 0.3) is 0 Å². The van der Waals surface area contributed by atoms with Crippen LogP contribution in [-0.4, -0.2) is 53.1 Å². The lowest BCUT2D eigenvalue weighted by molar-refractivity contribution is -0.141. The van der Waals surface area contributed by atoms with E-state index in [0.717, 1.165) is 6.42 Å². The van der Waals surface area contributed by atoms with Gasteiger partial charge in [-0.2, -0.15) is 0 Å². The first-order valence-electron chi connectivity index (χ1n) is 5.05. The topological polar surface area (TPSA) is 60.9 Å². The molecule has 0 aliphatic carbocycles. The highest BCUT2D eigenvalue weighted by Gasteiger charge is 2.25. The average Bonchev–Trinajstić information content (AvgIpc) is 2.23. The maximum atomic E-state index is 11.8. The third-order valence-corrected chi connectivity index (χ3v) is 2.79. The number of carboxylic acid groups (broad SMARTS) is 1. The summed E-state index contributed by atoms with van der Waals surface area (Å²) in [5, 5.41) is 8.77. The number of hydrogen-bond donors (Lipinski definition) is 1. The number of rotatable bonds is 4. The van der Waals surface area contributed by atoms with Crippen molar-refractivity contribution in [3.63, 3.8) is 0 Å². The lowest BCUT2D eigenvalue weighted by Gasteiger charge is -2.31.